The molecule has 6 nitrogen and oxygen atoms in total. The topological polar surface area (TPSA) is 72.3 Å². The van der Waals surface area contributed by atoms with Crippen LogP contribution in [0.1, 0.15) is 25.0 Å². The molecule has 3 aromatic heterocycles. The fourth-order valence-corrected chi connectivity index (χ4v) is 3.45. The Morgan fingerprint density at radius 3 is 2.85 bits per heavy atom. The summed E-state index contributed by atoms with van der Waals surface area (Å²) in [4.78, 5) is 10.4. The van der Waals surface area contributed by atoms with Gasteiger partial charge in [-0.05, 0) is 43.5 Å². The van der Waals surface area contributed by atoms with Gasteiger partial charge < -0.3 is 10.6 Å². The Morgan fingerprint density at radius 1 is 1.22 bits per heavy atom. The molecule has 0 aromatic carbocycles. The molecule has 1 unspecified atom stereocenters. The standard InChI is InChI=1S/C18H19F3N6/c19-13-8-23-17(26-5-1-2-11(7-22)10-26)6-12(13)15-9-24-16-4-3-14(18(20)21)25-27(15)16/h3-4,6,8-9,11,18H,1-2,5,7,10,22H2. The van der Waals surface area contributed by atoms with Crippen LogP contribution in [0.5, 0.6) is 0 Å². The maximum Gasteiger partial charge on any atom is 0.282 e. The molecule has 1 aliphatic rings. The van der Waals surface area contributed by atoms with Crippen LogP contribution in [0.4, 0.5) is 19.0 Å². The van der Waals surface area contributed by atoms with Crippen molar-refractivity contribution in [2.45, 2.75) is 19.3 Å². The average molecular weight is 376 g/mol. The minimum absolute atomic E-state index is 0.223. The van der Waals surface area contributed by atoms with Crippen LogP contribution in [0.15, 0.2) is 30.6 Å². The van der Waals surface area contributed by atoms with E-state index < -0.39 is 17.9 Å². The predicted molar refractivity (Wildman–Crippen MR) is 95.1 cm³/mol. The Labute approximate surface area is 153 Å². The number of hydrogen-bond acceptors (Lipinski definition) is 5. The molecule has 0 bridgehead atoms. The maximum atomic E-state index is 14.5. The lowest BCUT2D eigenvalue weighted by atomic mass is 9.98. The third-order valence-corrected chi connectivity index (χ3v) is 4.90. The number of hydrogen-bond donors (Lipinski definition) is 1. The van der Waals surface area contributed by atoms with Crippen molar-refractivity contribution < 1.29 is 13.2 Å². The molecule has 1 fully saturated rings. The van der Waals surface area contributed by atoms with Gasteiger partial charge in [0.05, 0.1) is 18.1 Å². The summed E-state index contributed by atoms with van der Waals surface area (Å²) in [5, 5.41) is 3.91. The van der Waals surface area contributed by atoms with Gasteiger partial charge in [0.15, 0.2) is 11.5 Å². The molecule has 0 radical (unpaired) electrons. The number of fused-ring (bicyclic) bond motifs is 1. The number of piperidine rings is 1. The molecule has 4 heterocycles. The number of halogens is 3. The molecular formula is C18H19F3N6. The zero-order valence-electron chi connectivity index (χ0n) is 14.5. The van der Waals surface area contributed by atoms with Crippen LogP contribution in [-0.2, 0) is 0 Å². The van der Waals surface area contributed by atoms with Crippen LogP contribution in [-0.4, -0.2) is 39.2 Å². The predicted octanol–water partition coefficient (Wildman–Crippen LogP) is 3.04. The van der Waals surface area contributed by atoms with Gasteiger partial charge >= 0.3 is 0 Å². The monoisotopic (exact) mass is 376 g/mol. The summed E-state index contributed by atoms with van der Waals surface area (Å²) < 4.78 is 41.7. The molecule has 1 aliphatic heterocycles. The molecule has 2 N–H and O–H groups in total. The molecule has 4 rings (SSSR count). The maximum absolute atomic E-state index is 14.5. The van der Waals surface area contributed by atoms with E-state index in [4.69, 9.17) is 5.73 Å². The van der Waals surface area contributed by atoms with Gasteiger partial charge in [-0.1, -0.05) is 0 Å². The molecular weight excluding hydrogens is 357 g/mol. The number of aromatic nitrogens is 4. The molecule has 9 heteroatoms. The summed E-state index contributed by atoms with van der Waals surface area (Å²) in [5.74, 6) is 0.446. The second kappa shape index (κ2) is 7.15. The SMILES string of the molecule is NCC1CCCN(c2cc(-c3cnc4ccc(C(F)F)nn34)c(F)cn2)C1. The van der Waals surface area contributed by atoms with Crippen LogP contribution in [0.25, 0.3) is 16.9 Å². The van der Waals surface area contributed by atoms with Gasteiger partial charge in [0.2, 0.25) is 0 Å². The second-order valence-electron chi connectivity index (χ2n) is 6.68. The number of imidazole rings is 1. The summed E-state index contributed by atoms with van der Waals surface area (Å²) in [6.07, 6.45) is 1.91. The van der Waals surface area contributed by atoms with Crippen molar-refractivity contribution in [1.82, 2.24) is 19.6 Å². The smallest absolute Gasteiger partial charge is 0.282 e. The summed E-state index contributed by atoms with van der Waals surface area (Å²) in [5.41, 5.74) is 6.30. The van der Waals surface area contributed by atoms with Gasteiger partial charge in [-0.25, -0.2) is 27.7 Å². The Morgan fingerprint density at radius 2 is 2.07 bits per heavy atom. The number of pyridine rings is 1. The van der Waals surface area contributed by atoms with Gasteiger partial charge in [-0.15, -0.1) is 0 Å². The van der Waals surface area contributed by atoms with Crippen molar-refractivity contribution in [3.05, 3.63) is 42.1 Å². The Bertz CT molecular complexity index is 957. The highest BCUT2D eigenvalue weighted by Crippen LogP contribution is 2.29. The van der Waals surface area contributed by atoms with Crippen molar-refractivity contribution in [2.24, 2.45) is 11.7 Å². The highest BCUT2D eigenvalue weighted by Gasteiger charge is 2.22. The van der Waals surface area contributed by atoms with Crippen molar-refractivity contribution in [3.8, 4) is 11.3 Å². The van der Waals surface area contributed by atoms with Crippen LogP contribution in [0.3, 0.4) is 0 Å². The first-order chi connectivity index (χ1) is 13.1. The molecule has 0 amide bonds. The van der Waals surface area contributed by atoms with E-state index in [2.05, 4.69) is 20.0 Å². The average Bonchev–Trinajstić information content (AvgIpc) is 3.11. The lowest BCUT2D eigenvalue weighted by Crippen LogP contribution is -2.38. The van der Waals surface area contributed by atoms with Crippen molar-refractivity contribution in [1.29, 1.82) is 0 Å². The molecule has 1 atom stereocenters. The van der Waals surface area contributed by atoms with E-state index in [0.29, 0.717) is 29.6 Å². The minimum atomic E-state index is -2.72. The van der Waals surface area contributed by atoms with Crippen LogP contribution >= 0.6 is 0 Å². The normalized spacial score (nSPS) is 17.8. The van der Waals surface area contributed by atoms with Crippen LogP contribution in [0, 0.1) is 11.7 Å². The van der Waals surface area contributed by atoms with E-state index in [-0.39, 0.29) is 5.56 Å². The largest absolute Gasteiger partial charge is 0.356 e. The number of nitrogens with zero attached hydrogens (tertiary/aromatic N) is 5. The summed E-state index contributed by atoms with van der Waals surface area (Å²) >= 11 is 0. The van der Waals surface area contributed by atoms with Gasteiger partial charge in [0.1, 0.15) is 11.5 Å². The highest BCUT2D eigenvalue weighted by atomic mass is 19.3. The van der Waals surface area contributed by atoms with E-state index in [1.54, 1.807) is 6.07 Å². The van der Waals surface area contributed by atoms with Crippen LogP contribution < -0.4 is 10.6 Å². The zero-order valence-corrected chi connectivity index (χ0v) is 14.5. The summed E-state index contributed by atoms with van der Waals surface area (Å²) in [7, 11) is 0. The lowest BCUT2D eigenvalue weighted by Gasteiger charge is -2.33. The van der Waals surface area contributed by atoms with Crippen molar-refractivity contribution in [2.75, 3.05) is 24.5 Å². The van der Waals surface area contributed by atoms with Gasteiger partial charge in [0.25, 0.3) is 6.43 Å². The van der Waals surface area contributed by atoms with E-state index in [9.17, 15) is 13.2 Å². The zero-order chi connectivity index (χ0) is 19.0. The molecule has 142 valence electrons. The number of rotatable bonds is 4. The van der Waals surface area contributed by atoms with Crippen LogP contribution in [0.2, 0.25) is 0 Å². The number of alkyl halides is 2. The summed E-state index contributed by atoms with van der Waals surface area (Å²) in [6, 6.07) is 4.27. The number of nitrogens with two attached hydrogens (primary N) is 1. The molecule has 0 saturated carbocycles. The quantitative estimate of drug-likeness (QED) is 0.758. The first-order valence-electron chi connectivity index (χ1n) is 8.80. The van der Waals surface area contributed by atoms with E-state index >= 15 is 0 Å². The first kappa shape index (κ1) is 17.7. The molecule has 1 saturated heterocycles. The fraction of sp³-hybridized carbons (Fsp3) is 0.389. The molecule has 3 aromatic rings. The first-order valence-corrected chi connectivity index (χ1v) is 8.80. The Hall–Kier alpha value is -2.68. The third-order valence-electron chi connectivity index (χ3n) is 4.90. The van der Waals surface area contributed by atoms with E-state index in [0.717, 1.165) is 32.1 Å². The van der Waals surface area contributed by atoms with Crippen molar-refractivity contribution >= 4 is 11.5 Å². The lowest BCUT2D eigenvalue weighted by molar-refractivity contribution is 0.144. The molecule has 0 aliphatic carbocycles. The van der Waals surface area contributed by atoms with Gasteiger partial charge in [-0.2, -0.15) is 5.10 Å². The highest BCUT2D eigenvalue weighted by molar-refractivity contribution is 5.66. The summed E-state index contributed by atoms with van der Waals surface area (Å²) in [6.45, 7) is 2.17. The minimum Gasteiger partial charge on any atom is -0.356 e. The van der Waals surface area contributed by atoms with E-state index in [1.165, 1.54) is 22.8 Å². The van der Waals surface area contributed by atoms with E-state index in [1.807, 2.05) is 0 Å². The Balaban J connectivity index is 1.76. The fourth-order valence-electron chi connectivity index (χ4n) is 3.45. The molecule has 27 heavy (non-hydrogen) atoms. The second-order valence-corrected chi connectivity index (χ2v) is 6.68. The third kappa shape index (κ3) is 3.34. The van der Waals surface area contributed by atoms with Crippen molar-refractivity contribution in [3.63, 3.8) is 0 Å². The molecule has 0 spiro atoms. The number of anilines is 1. The van der Waals surface area contributed by atoms with Gasteiger partial charge in [0, 0.05) is 18.7 Å². The Kier molecular flexibility index (Phi) is 4.69. The van der Waals surface area contributed by atoms with Gasteiger partial charge in [-0.3, -0.25) is 0 Å².